The molecule has 0 saturated carbocycles. The molecule has 3 aromatic rings. The fourth-order valence-corrected chi connectivity index (χ4v) is 2.08. The van der Waals surface area contributed by atoms with Crippen LogP contribution in [0.15, 0.2) is 41.1 Å². The molecule has 17 heavy (non-hydrogen) atoms. The van der Waals surface area contributed by atoms with E-state index in [1.165, 1.54) is 0 Å². The van der Waals surface area contributed by atoms with Crippen LogP contribution in [0.25, 0.3) is 22.4 Å². The molecular formula is C12H9BrN4. The lowest BCUT2D eigenvalue weighted by Crippen LogP contribution is -1.91. The molecule has 4 nitrogen and oxygen atoms in total. The number of rotatable bonds is 1. The average Bonchev–Trinajstić information content (AvgIpc) is 2.75. The summed E-state index contributed by atoms with van der Waals surface area (Å²) in [4.78, 5) is 11.7. The minimum Gasteiger partial charge on any atom is -0.398 e. The Hall–Kier alpha value is -1.88. The number of nitrogens with zero attached hydrogens (tertiary/aromatic N) is 2. The van der Waals surface area contributed by atoms with Crippen molar-refractivity contribution in [1.82, 2.24) is 15.0 Å². The van der Waals surface area contributed by atoms with Gasteiger partial charge < -0.3 is 10.7 Å². The van der Waals surface area contributed by atoms with Gasteiger partial charge in [-0.3, -0.25) is 4.98 Å². The first-order valence-corrected chi connectivity index (χ1v) is 5.88. The third kappa shape index (κ3) is 1.78. The van der Waals surface area contributed by atoms with Crippen molar-refractivity contribution in [3.8, 4) is 11.4 Å². The van der Waals surface area contributed by atoms with E-state index in [-0.39, 0.29) is 0 Å². The number of pyridine rings is 1. The van der Waals surface area contributed by atoms with Crippen LogP contribution in [0.3, 0.4) is 0 Å². The van der Waals surface area contributed by atoms with Gasteiger partial charge in [0.05, 0.1) is 17.2 Å². The SMILES string of the molecule is Nc1ccc(Br)cc1-c1nc2ccncc2[nH]1. The fraction of sp³-hybridized carbons (Fsp3) is 0. The first-order chi connectivity index (χ1) is 8.24. The number of aromatic amines is 1. The normalized spacial score (nSPS) is 10.9. The molecule has 84 valence electrons. The smallest absolute Gasteiger partial charge is 0.140 e. The zero-order valence-corrected chi connectivity index (χ0v) is 10.4. The molecule has 5 heteroatoms. The molecule has 0 fully saturated rings. The largest absolute Gasteiger partial charge is 0.398 e. The van der Waals surface area contributed by atoms with Crippen molar-refractivity contribution in [2.75, 3.05) is 5.73 Å². The van der Waals surface area contributed by atoms with E-state index in [0.717, 1.165) is 26.9 Å². The van der Waals surface area contributed by atoms with Crippen molar-refractivity contribution in [3.63, 3.8) is 0 Å². The molecule has 0 atom stereocenters. The van der Waals surface area contributed by atoms with E-state index < -0.39 is 0 Å². The summed E-state index contributed by atoms with van der Waals surface area (Å²) in [7, 11) is 0. The highest BCUT2D eigenvalue weighted by Gasteiger charge is 2.08. The summed E-state index contributed by atoms with van der Waals surface area (Å²) in [5.74, 6) is 0.756. The van der Waals surface area contributed by atoms with Crippen molar-refractivity contribution in [2.45, 2.75) is 0 Å². The molecule has 0 aliphatic carbocycles. The van der Waals surface area contributed by atoms with Crippen LogP contribution in [0.2, 0.25) is 0 Å². The number of H-pyrrole nitrogens is 1. The molecule has 2 aromatic heterocycles. The molecule has 0 aliphatic heterocycles. The molecule has 0 aliphatic rings. The lowest BCUT2D eigenvalue weighted by atomic mass is 10.2. The van der Waals surface area contributed by atoms with Crippen LogP contribution in [-0.2, 0) is 0 Å². The molecule has 0 saturated heterocycles. The maximum atomic E-state index is 5.95. The minimum atomic E-state index is 0.695. The third-order valence-corrected chi connectivity index (χ3v) is 3.05. The summed E-state index contributed by atoms with van der Waals surface area (Å²) in [6.45, 7) is 0. The first-order valence-electron chi connectivity index (χ1n) is 5.09. The van der Waals surface area contributed by atoms with Gasteiger partial charge in [-0.2, -0.15) is 0 Å². The number of nitrogen functional groups attached to an aromatic ring is 1. The van der Waals surface area contributed by atoms with Crippen LogP contribution < -0.4 is 5.73 Å². The van der Waals surface area contributed by atoms with Crippen LogP contribution in [0.5, 0.6) is 0 Å². The Morgan fingerprint density at radius 1 is 1.24 bits per heavy atom. The molecular weight excluding hydrogens is 280 g/mol. The number of nitrogens with one attached hydrogen (secondary N) is 1. The first kappa shape index (κ1) is 10.3. The van der Waals surface area contributed by atoms with E-state index in [1.54, 1.807) is 12.4 Å². The summed E-state index contributed by atoms with van der Waals surface area (Å²) in [6, 6.07) is 7.57. The quantitative estimate of drug-likeness (QED) is 0.677. The number of aromatic nitrogens is 3. The van der Waals surface area contributed by atoms with E-state index >= 15 is 0 Å². The van der Waals surface area contributed by atoms with E-state index in [2.05, 4.69) is 30.9 Å². The van der Waals surface area contributed by atoms with Crippen molar-refractivity contribution < 1.29 is 0 Å². The van der Waals surface area contributed by atoms with Gasteiger partial charge in [0.1, 0.15) is 5.82 Å². The van der Waals surface area contributed by atoms with Gasteiger partial charge in [0.15, 0.2) is 0 Å². The molecule has 3 N–H and O–H groups in total. The van der Waals surface area contributed by atoms with Gasteiger partial charge in [0.25, 0.3) is 0 Å². The van der Waals surface area contributed by atoms with Crippen molar-refractivity contribution in [2.24, 2.45) is 0 Å². The molecule has 0 radical (unpaired) electrons. The van der Waals surface area contributed by atoms with Crippen molar-refractivity contribution >= 4 is 32.7 Å². The second kappa shape index (κ2) is 3.85. The van der Waals surface area contributed by atoms with Crippen LogP contribution in [0.1, 0.15) is 0 Å². The van der Waals surface area contributed by atoms with Gasteiger partial charge in [-0.25, -0.2) is 4.98 Å². The Balaban J connectivity index is 2.23. The van der Waals surface area contributed by atoms with Crippen LogP contribution >= 0.6 is 15.9 Å². The van der Waals surface area contributed by atoms with Gasteiger partial charge in [0, 0.05) is 21.9 Å². The summed E-state index contributed by atoms with van der Waals surface area (Å²) >= 11 is 3.43. The standard InChI is InChI=1S/C12H9BrN4/c13-7-1-2-9(14)8(5-7)12-16-10-3-4-15-6-11(10)17-12/h1-6H,14H2,(H,16,17). The molecule has 3 rings (SSSR count). The molecule has 0 amide bonds. The fourth-order valence-electron chi connectivity index (χ4n) is 1.72. The van der Waals surface area contributed by atoms with E-state index in [9.17, 15) is 0 Å². The summed E-state index contributed by atoms with van der Waals surface area (Å²) in [5.41, 5.74) is 9.31. The van der Waals surface area contributed by atoms with Crippen LogP contribution in [0.4, 0.5) is 5.69 Å². The molecule has 0 bridgehead atoms. The second-order valence-electron chi connectivity index (χ2n) is 3.71. The Labute approximate surface area is 106 Å². The molecule has 1 aromatic carbocycles. The van der Waals surface area contributed by atoms with E-state index in [0.29, 0.717) is 5.69 Å². The highest BCUT2D eigenvalue weighted by atomic mass is 79.9. The Morgan fingerprint density at radius 2 is 2.12 bits per heavy atom. The topological polar surface area (TPSA) is 67.6 Å². The number of benzene rings is 1. The number of nitrogens with two attached hydrogens (primary N) is 1. The zero-order valence-electron chi connectivity index (χ0n) is 8.81. The van der Waals surface area contributed by atoms with Gasteiger partial charge in [-0.05, 0) is 24.3 Å². The zero-order chi connectivity index (χ0) is 11.8. The molecule has 0 spiro atoms. The number of hydrogen-bond acceptors (Lipinski definition) is 3. The summed E-state index contributed by atoms with van der Waals surface area (Å²) < 4.78 is 0.972. The van der Waals surface area contributed by atoms with Crippen LogP contribution in [-0.4, -0.2) is 15.0 Å². The van der Waals surface area contributed by atoms with Crippen molar-refractivity contribution in [3.05, 3.63) is 41.1 Å². The van der Waals surface area contributed by atoms with Gasteiger partial charge in [-0.15, -0.1) is 0 Å². The number of imidazole rings is 1. The highest BCUT2D eigenvalue weighted by Crippen LogP contribution is 2.28. The number of halogens is 1. The lowest BCUT2D eigenvalue weighted by Gasteiger charge is -2.02. The van der Waals surface area contributed by atoms with Gasteiger partial charge >= 0.3 is 0 Å². The minimum absolute atomic E-state index is 0.695. The van der Waals surface area contributed by atoms with E-state index in [1.807, 2.05) is 24.3 Å². The Bertz CT molecular complexity index is 657. The van der Waals surface area contributed by atoms with Crippen LogP contribution in [0, 0.1) is 0 Å². The number of fused-ring (bicyclic) bond motifs is 1. The Kier molecular flexibility index (Phi) is 2.33. The van der Waals surface area contributed by atoms with E-state index in [4.69, 9.17) is 5.73 Å². The molecule has 0 unspecified atom stereocenters. The van der Waals surface area contributed by atoms with Crippen molar-refractivity contribution in [1.29, 1.82) is 0 Å². The second-order valence-corrected chi connectivity index (χ2v) is 4.63. The predicted molar refractivity (Wildman–Crippen MR) is 71.4 cm³/mol. The summed E-state index contributed by atoms with van der Waals surface area (Å²) in [5, 5.41) is 0. The lowest BCUT2D eigenvalue weighted by molar-refractivity contribution is 1.32. The monoisotopic (exact) mass is 288 g/mol. The average molecular weight is 289 g/mol. The highest BCUT2D eigenvalue weighted by molar-refractivity contribution is 9.10. The maximum Gasteiger partial charge on any atom is 0.140 e. The molecule has 2 heterocycles. The summed E-state index contributed by atoms with van der Waals surface area (Å²) in [6.07, 6.45) is 3.47. The third-order valence-electron chi connectivity index (χ3n) is 2.55. The number of anilines is 1. The maximum absolute atomic E-state index is 5.95. The number of hydrogen-bond donors (Lipinski definition) is 2. The van der Waals surface area contributed by atoms with Gasteiger partial charge in [-0.1, -0.05) is 15.9 Å². The van der Waals surface area contributed by atoms with Gasteiger partial charge in [0.2, 0.25) is 0 Å². The predicted octanol–water partition coefficient (Wildman–Crippen LogP) is 2.97. The Morgan fingerprint density at radius 3 is 2.94 bits per heavy atom.